The van der Waals surface area contributed by atoms with Gasteiger partial charge in [-0.3, -0.25) is 0 Å². The van der Waals surface area contributed by atoms with Crippen LogP contribution < -0.4 is 5.32 Å². The molecular weight excluding hydrogens is 239 g/mol. The first-order valence-electron chi connectivity index (χ1n) is 5.53. The van der Waals surface area contributed by atoms with E-state index in [9.17, 15) is 13.2 Å². The molecule has 0 spiro atoms. The van der Waals surface area contributed by atoms with Gasteiger partial charge in [-0.25, -0.2) is 13.2 Å². The quantitative estimate of drug-likeness (QED) is 0.878. The molecule has 0 bridgehead atoms. The molecule has 2 aromatic carbocycles. The van der Waals surface area contributed by atoms with Gasteiger partial charge >= 0.3 is 0 Å². The van der Waals surface area contributed by atoms with Gasteiger partial charge in [-0.05, 0) is 35.4 Å². The summed E-state index contributed by atoms with van der Waals surface area (Å²) in [5.41, 5.74) is 1.30. The van der Waals surface area contributed by atoms with Gasteiger partial charge in [-0.15, -0.1) is 0 Å². The van der Waals surface area contributed by atoms with Crippen LogP contribution in [0.3, 0.4) is 0 Å². The molecule has 0 saturated carbocycles. The van der Waals surface area contributed by atoms with Gasteiger partial charge in [-0.1, -0.05) is 12.1 Å². The van der Waals surface area contributed by atoms with Crippen molar-refractivity contribution in [1.82, 2.24) is 5.32 Å². The first-order chi connectivity index (χ1) is 8.63. The normalized spacial score (nSPS) is 10.6. The van der Waals surface area contributed by atoms with Crippen LogP contribution in [0.25, 0.3) is 0 Å². The van der Waals surface area contributed by atoms with E-state index >= 15 is 0 Å². The summed E-state index contributed by atoms with van der Waals surface area (Å²) < 4.78 is 38.7. The van der Waals surface area contributed by atoms with E-state index in [0.717, 1.165) is 11.6 Å². The molecule has 4 heteroatoms. The third-order valence-electron chi connectivity index (χ3n) is 2.47. The molecule has 0 atom stereocenters. The third-order valence-corrected chi connectivity index (χ3v) is 2.47. The van der Waals surface area contributed by atoms with Gasteiger partial charge in [0.25, 0.3) is 0 Å². The topological polar surface area (TPSA) is 12.0 Å². The van der Waals surface area contributed by atoms with Crippen LogP contribution in [-0.2, 0) is 13.1 Å². The zero-order valence-corrected chi connectivity index (χ0v) is 9.59. The molecule has 0 aliphatic rings. The Hall–Kier alpha value is -1.81. The summed E-state index contributed by atoms with van der Waals surface area (Å²) in [6.45, 7) is 0.765. The highest BCUT2D eigenvalue weighted by atomic mass is 19.1. The minimum Gasteiger partial charge on any atom is -0.309 e. The summed E-state index contributed by atoms with van der Waals surface area (Å²) in [5.74, 6) is -1.50. The van der Waals surface area contributed by atoms with Gasteiger partial charge in [0.05, 0.1) is 0 Å². The number of nitrogens with one attached hydrogen (secondary N) is 1. The monoisotopic (exact) mass is 251 g/mol. The van der Waals surface area contributed by atoms with Crippen LogP contribution in [0.1, 0.15) is 11.1 Å². The molecule has 18 heavy (non-hydrogen) atoms. The second-order valence-electron chi connectivity index (χ2n) is 4.01. The zero-order chi connectivity index (χ0) is 13.0. The van der Waals surface area contributed by atoms with Crippen LogP contribution in [-0.4, -0.2) is 0 Å². The molecular formula is C14H12F3N. The molecule has 0 aliphatic carbocycles. The molecule has 94 valence electrons. The Morgan fingerprint density at radius 1 is 0.722 bits per heavy atom. The Morgan fingerprint density at radius 3 is 2.00 bits per heavy atom. The minimum atomic E-state index is -0.599. The summed E-state index contributed by atoms with van der Waals surface area (Å²) in [6, 6.07) is 9.54. The van der Waals surface area contributed by atoms with Gasteiger partial charge in [0.2, 0.25) is 0 Å². The standard InChI is InChI=1S/C14H12F3N/c15-12-3-1-2-10(4-12)8-18-9-11-5-13(16)7-14(17)6-11/h1-7,18H,8-9H2. The van der Waals surface area contributed by atoms with Crippen molar-refractivity contribution < 1.29 is 13.2 Å². The Bertz CT molecular complexity index is 520. The summed E-state index contributed by atoms with van der Waals surface area (Å²) in [5, 5.41) is 3.00. The maximum Gasteiger partial charge on any atom is 0.126 e. The number of benzene rings is 2. The van der Waals surface area contributed by atoms with Crippen molar-refractivity contribution in [3.63, 3.8) is 0 Å². The van der Waals surface area contributed by atoms with Gasteiger partial charge in [0.1, 0.15) is 17.5 Å². The van der Waals surface area contributed by atoms with E-state index in [0.29, 0.717) is 18.7 Å². The number of hydrogen-bond acceptors (Lipinski definition) is 1. The lowest BCUT2D eigenvalue weighted by Gasteiger charge is -2.05. The van der Waals surface area contributed by atoms with E-state index in [-0.39, 0.29) is 5.82 Å². The summed E-state index contributed by atoms with van der Waals surface area (Å²) in [4.78, 5) is 0. The fourth-order valence-corrected chi connectivity index (χ4v) is 1.71. The second kappa shape index (κ2) is 5.69. The van der Waals surface area contributed by atoms with E-state index in [2.05, 4.69) is 5.32 Å². The van der Waals surface area contributed by atoms with Crippen LogP contribution in [0.4, 0.5) is 13.2 Å². The lowest BCUT2D eigenvalue weighted by atomic mass is 10.2. The van der Waals surface area contributed by atoms with E-state index in [1.54, 1.807) is 12.1 Å². The maximum atomic E-state index is 12.9. The molecule has 1 nitrogen and oxygen atoms in total. The Morgan fingerprint density at radius 2 is 1.33 bits per heavy atom. The molecule has 0 unspecified atom stereocenters. The van der Waals surface area contributed by atoms with Gasteiger partial charge in [0, 0.05) is 19.2 Å². The molecule has 1 N–H and O–H groups in total. The van der Waals surface area contributed by atoms with E-state index in [1.807, 2.05) is 0 Å². The van der Waals surface area contributed by atoms with E-state index in [1.165, 1.54) is 24.3 Å². The maximum absolute atomic E-state index is 12.9. The smallest absolute Gasteiger partial charge is 0.126 e. The second-order valence-corrected chi connectivity index (χ2v) is 4.01. The summed E-state index contributed by atoms with van der Waals surface area (Å²) in [6.07, 6.45) is 0. The molecule has 2 aromatic rings. The molecule has 0 aromatic heterocycles. The lowest BCUT2D eigenvalue weighted by molar-refractivity contribution is 0.575. The highest BCUT2D eigenvalue weighted by molar-refractivity contribution is 5.19. The van der Waals surface area contributed by atoms with Crippen LogP contribution >= 0.6 is 0 Å². The van der Waals surface area contributed by atoms with Crippen molar-refractivity contribution in [1.29, 1.82) is 0 Å². The number of hydrogen-bond donors (Lipinski definition) is 1. The lowest BCUT2D eigenvalue weighted by Crippen LogP contribution is -2.13. The third kappa shape index (κ3) is 3.60. The molecule has 2 rings (SSSR count). The average molecular weight is 251 g/mol. The van der Waals surface area contributed by atoms with E-state index < -0.39 is 11.6 Å². The Balaban J connectivity index is 1.92. The first-order valence-corrected chi connectivity index (χ1v) is 5.53. The van der Waals surface area contributed by atoms with Crippen molar-refractivity contribution in [2.45, 2.75) is 13.1 Å². The number of rotatable bonds is 4. The van der Waals surface area contributed by atoms with Crippen molar-refractivity contribution >= 4 is 0 Å². The summed E-state index contributed by atoms with van der Waals surface area (Å²) >= 11 is 0. The minimum absolute atomic E-state index is 0.300. The average Bonchev–Trinajstić information content (AvgIpc) is 2.27. The van der Waals surface area contributed by atoms with Crippen LogP contribution in [0.15, 0.2) is 42.5 Å². The van der Waals surface area contributed by atoms with Crippen molar-refractivity contribution in [2.75, 3.05) is 0 Å². The number of halogens is 3. The van der Waals surface area contributed by atoms with Gasteiger partial charge in [0.15, 0.2) is 0 Å². The Labute approximate surface area is 103 Å². The fourth-order valence-electron chi connectivity index (χ4n) is 1.71. The predicted molar refractivity (Wildman–Crippen MR) is 63.3 cm³/mol. The predicted octanol–water partition coefficient (Wildman–Crippen LogP) is 3.39. The van der Waals surface area contributed by atoms with Crippen LogP contribution in [0.5, 0.6) is 0 Å². The van der Waals surface area contributed by atoms with Crippen LogP contribution in [0, 0.1) is 17.5 Å². The molecule has 0 aliphatic heterocycles. The molecule has 0 saturated heterocycles. The van der Waals surface area contributed by atoms with E-state index in [4.69, 9.17) is 0 Å². The molecule has 0 fully saturated rings. The van der Waals surface area contributed by atoms with Crippen molar-refractivity contribution in [3.05, 3.63) is 71.0 Å². The highest BCUT2D eigenvalue weighted by Gasteiger charge is 2.00. The molecule has 0 radical (unpaired) electrons. The van der Waals surface area contributed by atoms with Gasteiger partial charge < -0.3 is 5.32 Å². The van der Waals surface area contributed by atoms with Crippen molar-refractivity contribution in [3.8, 4) is 0 Å². The fraction of sp³-hybridized carbons (Fsp3) is 0.143. The Kier molecular flexibility index (Phi) is 3.99. The zero-order valence-electron chi connectivity index (χ0n) is 9.59. The highest BCUT2D eigenvalue weighted by Crippen LogP contribution is 2.08. The molecule has 0 heterocycles. The van der Waals surface area contributed by atoms with Crippen molar-refractivity contribution in [2.24, 2.45) is 0 Å². The first kappa shape index (κ1) is 12.6. The molecule has 0 amide bonds. The SMILES string of the molecule is Fc1cccc(CNCc2cc(F)cc(F)c2)c1. The van der Waals surface area contributed by atoms with Gasteiger partial charge in [-0.2, -0.15) is 0 Å². The van der Waals surface area contributed by atoms with Crippen LogP contribution in [0.2, 0.25) is 0 Å². The summed E-state index contributed by atoms with van der Waals surface area (Å²) in [7, 11) is 0. The largest absolute Gasteiger partial charge is 0.309 e.